The van der Waals surface area contributed by atoms with Gasteiger partial charge in [-0.05, 0) is 51.4 Å². The van der Waals surface area contributed by atoms with E-state index < -0.39 is 0 Å². The number of amides is 1. The molecule has 1 aromatic carbocycles. The van der Waals surface area contributed by atoms with Gasteiger partial charge in [0, 0.05) is 16.8 Å². The molecule has 1 amide bonds. The Morgan fingerprint density at radius 2 is 2.09 bits per heavy atom. The van der Waals surface area contributed by atoms with Crippen LogP contribution in [0.4, 0.5) is 5.69 Å². The minimum Gasteiger partial charge on any atom is -0.325 e. The average molecular weight is 315 g/mol. The highest BCUT2D eigenvalue weighted by Crippen LogP contribution is 2.22. The minimum absolute atomic E-state index is 0.0149. The van der Waals surface area contributed by atoms with E-state index >= 15 is 0 Å². The van der Waals surface area contributed by atoms with Gasteiger partial charge in [0.05, 0.1) is 6.54 Å². The van der Waals surface area contributed by atoms with E-state index in [0.29, 0.717) is 11.3 Å². The fourth-order valence-corrected chi connectivity index (χ4v) is 2.92. The zero-order valence-corrected chi connectivity index (χ0v) is 13.7. The minimum atomic E-state index is -0.104. The first-order valence-corrected chi connectivity index (χ1v) is 8.02. The highest BCUT2D eigenvalue weighted by molar-refractivity contribution is 5.97. The summed E-state index contributed by atoms with van der Waals surface area (Å²) in [6.07, 6.45) is 4.71. The number of Topliss-reactive ketones (excluding diaryl/α,β-unsaturated/α-hetero) is 1. The molecule has 0 aliphatic carbocycles. The third-order valence-corrected chi connectivity index (χ3v) is 4.27. The summed E-state index contributed by atoms with van der Waals surface area (Å²) in [7, 11) is 0. The van der Waals surface area contributed by atoms with Crippen LogP contribution in [0.2, 0.25) is 0 Å². The van der Waals surface area contributed by atoms with Crippen LogP contribution in [0.1, 0.15) is 36.5 Å². The average Bonchev–Trinajstić information content (AvgIpc) is 2.54. The highest BCUT2D eigenvalue weighted by atomic mass is 16.2. The van der Waals surface area contributed by atoms with Gasteiger partial charge in [0.2, 0.25) is 5.91 Å². The number of hydrogen-bond acceptors (Lipinski definition) is 4. The summed E-state index contributed by atoms with van der Waals surface area (Å²) in [5, 5.41) is 9.58. The molecule has 0 aromatic heterocycles. The molecule has 0 radical (unpaired) electrons. The van der Waals surface area contributed by atoms with Crippen LogP contribution in [0.3, 0.4) is 0 Å². The maximum Gasteiger partial charge on any atom is 0.238 e. The van der Waals surface area contributed by atoms with E-state index in [1.165, 1.54) is 6.92 Å². The van der Waals surface area contributed by atoms with Crippen LogP contribution in [0, 0.1) is 0 Å². The highest BCUT2D eigenvalue weighted by Gasteiger charge is 2.30. The molecule has 23 heavy (non-hydrogen) atoms. The Kier molecular flexibility index (Phi) is 6.07. The molecule has 0 atom stereocenters. The summed E-state index contributed by atoms with van der Waals surface area (Å²) in [6, 6.07) is 6.99. The van der Waals surface area contributed by atoms with Crippen molar-refractivity contribution in [3.63, 3.8) is 0 Å². The maximum atomic E-state index is 12.2. The van der Waals surface area contributed by atoms with E-state index in [9.17, 15) is 9.59 Å². The van der Waals surface area contributed by atoms with Gasteiger partial charge >= 0.3 is 0 Å². The number of anilines is 1. The van der Waals surface area contributed by atoms with E-state index in [0.717, 1.165) is 32.4 Å². The SMILES string of the molecule is C=CCC1(NCC(=O)Nc2cccc(C(C)=O)c2)CCNCC1. The second-order valence-electron chi connectivity index (χ2n) is 6.06. The fraction of sp³-hybridized carbons (Fsp3) is 0.444. The molecule has 1 heterocycles. The van der Waals surface area contributed by atoms with Crippen LogP contribution in [0.25, 0.3) is 0 Å². The third kappa shape index (κ3) is 5.01. The molecule has 0 unspecified atom stereocenters. The van der Waals surface area contributed by atoms with Gasteiger partial charge in [0.25, 0.3) is 0 Å². The molecule has 2 rings (SSSR count). The molecule has 1 aliphatic heterocycles. The van der Waals surface area contributed by atoms with Crippen molar-refractivity contribution in [2.75, 3.05) is 25.0 Å². The molecule has 1 fully saturated rings. The summed E-state index contributed by atoms with van der Waals surface area (Å²) in [6.45, 7) is 7.48. The lowest BCUT2D eigenvalue weighted by molar-refractivity contribution is -0.115. The number of nitrogens with one attached hydrogen (secondary N) is 3. The van der Waals surface area contributed by atoms with Crippen molar-refractivity contribution < 1.29 is 9.59 Å². The van der Waals surface area contributed by atoms with Gasteiger partial charge in [-0.3, -0.25) is 9.59 Å². The number of ketones is 1. The summed E-state index contributed by atoms with van der Waals surface area (Å²) in [4.78, 5) is 23.6. The summed E-state index contributed by atoms with van der Waals surface area (Å²) in [5.41, 5.74) is 1.19. The Hall–Kier alpha value is -1.98. The van der Waals surface area contributed by atoms with Crippen molar-refractivity contribution in [2.24, 2.45) is 0 Å². The van der Waals surface area contributed by atoms with Crippen LogP contribution < -0.4 is 16.0 Å². The van der Waals surface area contributed by atoms with E-state index in [-0.39, 0.29) is 23.8 Å². The monoisotopic (exact) mass is 315 g/mol. The number of carbonyl (C=O) groups excluding carboxylic acids is 2. The van der Waals surface area contributed by atoms with Crippen LogP contribution in [-0.2, 0) is 4.79 Å². The number of benzene rings is 1. The molecule has 0 bridgehead atoms. The molecule has 0 saturated carbocycles. The van der Waals surface area contributed by atoms with E-state index in [4.69, 9.17) is 0 Å². The van der Waals surface area contributed by atoms with Gasteiger partial charge in [-0.2, -0.15) is 0 Å². The molecule has 124 valence electrons. The number of carbonyl (C=O) groups is 2. The van der Waals surface area contributed by atoms with Crippen molar-refractivity contribution in [1.82, 2.24) is 10.6 Å². The van der Waals surface area contributed by atoms with Crippen LogP contribution in [-0.4, -0.2) is 36.9 Å². The first kappa shape index (κ1) is 17.4. The standard InChI is InChI=1S/C18H25N3O2/c1-3-7-18(8-10-19-11-9-18)20-13-17(23)21-16-6-4-5-15(12-16)14(2)22/h3-6,12,19-20H,1,7-11,13H2,2H3,(H,21,23). The Morgan fingerprint density at radius 3 is 2.74 bits per heavy atom. The molecule has 1 aromatic rings. The zero-order valence-electron chi connectivity index (χ0n) is 13.7. The Labute approximate surface area is 137 Å². The topological polar surface area (TPSA) is 70.2 Å². The first-order chi connectivity index (χ1) is 11.0. The lowest BCUT2D eigenvalue weighted by Gasteiger charge is -2.38. The van der Waals surface area contributed by atoms with Gasteiger partial charge in [-0.1, -0.05) is 18.2 Å². The lowest BCUT2D eigenvalue weighted by Crippen LogP contribution is -2.53. The smallest absolute Gasteiger partial charge is 0.238 e. The normalized spacial score (nSPS) is 16.6. The summed E-state index contributed by atoms with van der Waals surface area (Å²) >= 11 is 0. The predicted octanol–water partition coefficient (Wildman–Crippen LogP) is 2.12. The van der Waals surface area contributed by atoms with Crippen molar-refractivity contribution in [3.05, 3.63) is 42.5 Å². The van der Waals surface area contributed by atoms with Gasteiger partial charge in [0.15, 0.2) is 5.78 Å². The Morgan fingerprint density at radius 1 is 1.35 bits per heavy atom. The van der Waals surface area contributed by atoms with Crippen LogP contribution >= 0.6 is 0 Å². The van der Waals surface area contributed by atoms with Crippen molar-refractivity contribution in [3.8, 4) is 0 Å². The van der Waals surface area contributed by atoms with Gasteiger partial charge in [-0.15, -0.1) is 6.58 Å². The van der Waals surface area contributed by atoms with Crippen molar-refractivity contribution in [1.29, 1.82) is 0 Å². The Bertz CT molecular complexity index is 577. The molecule has 5 nitrogen and oxygen atoms in total. The quantitative estimate of drug-likeness (QED) is 0.532. The summed E-state index contributed by atoms with van der Waals surface area (Å²) < 4.78 is 0. The fourth-order valence-electron chi connectivity index (χ4n) is 2.92. The molecular weight excluding hydrogens is 290 g/mol. The van der Waals surface area contributed by atoms with E-state index in [1.807, 2.05) is 6.08 Å². The molecule has 1 aliphatic rings. The van der Waals surface area contributed by atoms with Crippen molar-refractivity contribution in [2.45, 2.75) is 31.7 Å². The van der Waals surface area contributed by atoms with Gasteiger partial charge in [-0.25, -0.2) is 0 Å². The zero-order chi connectivity index (χ0) is 16.7. The van der Waals surface area contributed by atoms with E-state index in [2.05, 4.69) is 22.5 Å². The lowest BCUT2D eigenvalue weighted by atomic mass is 9.85. The predicted molar refractivity (Wildman–Crippen MR) is 92.7 cm³/mol. The molecule has 0 spiro atoms. The largest absolute Gasteiger partial charge is 0.325 e. The summed E-state index contributed by atoms with van der Waals surface area (Å²) in [5.74, 6) is -0.119. The van der Waals surface area contributed by atoms with Crippen LogP contribution in [0.5, 0.6) is 0 Å². The molecular formula is C18H25N3O2. The molecule has 1 saturated heterocycles. The molecule has 5 heteroatoms. The van der Waals surface area contributed by atoms with Gasteiger partial charge < -0.3 is 16.0 Å². The number of hydrogen-bond donors (Lipinski definition) is 3. The van der Waals surface area contributed by atoms with Crippen LogP contribution in [0.15, 0.2) is 36.9 Å². The second kappa shape index (κ2) is 8.04. The first-order valence-electron chi connectivity index (χ1n) is 8.02. The van der Waals surface area contributed by atoms with E-state index in [1.54, 1.807) is 24.3 Å². The third-order valence-electron chi connectivity index (χ3n) is 4.27. The maximum absolute atomic E-state index is 12.2. The molecule has 3 N–H and O–H groups in total. The number of piperidine rings is 1. The number of rotatable bonds is 7. The van der Waals surface area contributed by atoms with Crippen molar-refractivity contribution >= 4 is 17.4 Å². The van der Waals surface area contributed by atoms with Gasteiger partial charge in [0.1, 0.15) is 0 Å². The second-order valence-corrected chi connectivity index (χ2v) is 6.06. The Balaban J connectivity index is 1.92.